The number of aliphatic imine (C=N–C) groups is 1. The van der Waals surface area contributed by atoms with Crippen LogP contribution in [0.4, 0.5) is 17.6 Å². The van der Waals surface area contributed by atoms with Gasteiger partial charge in [0, 0.05) is 16.7 Å². The van der Waals surface area contributed by atoms with Gasteiger partial charge in [-0.15, -0.1) is 0 Å². The van der Waals surface area contributed by atoms with Crippen molar-refractivity contribution in [1.29, 1.82) is 0 Å². The zero-order valence-electron chi connectivity index (χ0n) is 16.8. The number of nitrogens with two attached hydrogens (primary N) is 1. The van der Waals surface area contributed by atoms with Crippen LogP contribution in [-0.2, 0) is 10.3 Å². The third-order valence-corrected chi connectivity index (χ3v) is 5.71. The van der Waals surface area contributed by atoms with Crippen molar-refractivity contribution in [1.82, 2.24) is 4.98 Å². The maximum atomic E-state index is 15.6. The molecule has 0 unspecified atom stereocenters. The van der Waals surface area contributed by atoms with Crippen molar-refractivity contribution in [3.05, 3.63) is 52.6 Å². The van der Waals surface area contributed by atoms with Crippen LogP contribution in [-0.4, -0.2) is 29.0 Å². The summed E-state index contributed by atoms with van der Waals surface area (Å²) in [6.45, 7) is 2.99. The van der Waals surface area contributed by atoms with Gasteiger partial charge in [0.15, 0.2) is 11.1 Å². The lowest BCUT2D eigenvalue weighted by molar-refractivity contribution is -0.214. The fourth-order valence-electron chi connectivity index (χ4n) is 3.65. The molecule has 0 aliphatic carbocycles. The van der Waals surface area contributed by atoms with Crippen LogP contribution < -0.4 is 5.73 Å². The van der Waals surface area contributed by atoms with Crippen LogP contribution in [0, 0.1) is 11.6 Å². The Hall–Kier alpha value is -2.65. The molecule has 1 atom stereocenters. The molecule has 2 aromatic carbocycles. The van der Waals surface area contributed by atoms with Crippen LogP contribution in [0.3, 0.4) is 0 Å². The highest BCUT2D eigenvalue weighted by Crippen LogP contribution is 2.51. The van der Waals surface area contributed by atoms with E-state index in [0.717, 1.165) is 26.8 Å². The first-order valence-electron chi connectivity index (χ1n) is 9.28. The number of amidine groups is 1. The van der Waals surface area contributed by atoms with E-state index in [9.17, 15) is 8.78 Å². The average Bonchev–Trinajstić information content (AvgIpc) is 3.06. The molecule has 0 amide bonds. The van der Waals surface area contributed by atoms with Gasteiger partial charge in [0.1, 0.15) is 35.2 Å². The Kier molecular flexibility index (Phi) is 4.82. The summed E-state index contributed by atoms with van der Waals surface area (Å²) in [6.07, 6.45) is 0. The molecule has 4 rings (SSSR count). The summed E-state index contributed by atoms with van der Waals surface area (Å²) in [5.41, 5.74) is 0.955. The molecule has 2 heterocycles. The molecular weight excluding hydrogens is 438 g/mol. The molecule has 31 heavy (non-hydrogen) atoms. The third kappa shape index (κ3) is 3.27. The monoisotopic (exact) mass is 455 g/mol. The zero-order valence-corrected chi connectivity index (χ0v) is 17.5. The highest BCUT2D eigenvalue weighted by Gasteiger charge is 2.64. The Morgan fingerprint density at radius 1 is 1.06 bits per heavy atom. The molecule has 2 N–H and O–H groups in total. The number of fused-ring (bicyclic) bond motifs is 1. The molecule has 164 valence electrons. The molecule has 0 spiro atoms. The summed E-state index contributed by atoms with van der Waals surface area (Å²) in [6, 6.07) is 6.00. The molecule has 3 aromatic rings. The van der Waals surface area contributed by atoms with E-state index in [2.05, 4.69) is 9.98 Å². The normalized spacial score (nSPS) is 22.9. The number of alkyl halides is 2. The molecule has 0 radical (unpaired) electrons. The zero-order chi connectivity index (χ0) is 22.8. The summed E-state index contributed by atoms with van der Waals surface area (Å²) in [5, 5.41) is 0.380. The van der Waals surface area contributed by atoms with E-state index in [4.69, 9.17) is 26.5 Å². The van der Waals surface area contributed by atoms with Crippen LogP contribution in [0.25, 0.3) is 22.6 Å². The average molecular weight is 456 g/mol. The fraction of sp³-hybridized carbons (Fsp3) is 0.333. The van der Waals surface area contributed by atoms with Crippen LogP contribution in [0.5, 0.6) is 0 Å². The summed E-state index contributed by atoms with van der Waals surface area (Å²) >= 11 is 5.93. The van der Waals surface area contributed by atoms with E-state index in [-0.39, 0.29) is 23.9 Å². The number of hydrogen-bond donors (Lipinski definition) is 1. The molecule has 0 bridgehead atoms. The Bertz CT molecular complexity index is 1220. The lowest BCUT2D eigenvalue weighted by atomic mass is 9.77. The highest BCUT2D eigenvalue weighted by molar-refractivity contribution is 6.31. The Balaban J connectivity index is 1.95. The van der Waals surface area contributed by atoms with Gasteiger partial charge in [-0.2, -0.15) is 0 Å². The standard InChI is InChI=1S/C21H18ClF4N3O2/c1-19(2)21(25,26)20(3,29-17(27)9-30-19)12-7-11(13(23)8-14(12)24)18-28-15-6-10(22)4-5-16(15)31-18/h4-8H,9H2,1-3H3,(H2,27,29)/t20-/m1/s1. The van der Waals surface area contributed by atoms with Gasteiger partial charge in [0.25, 0.3) is 0 Å². The van der Waals surface area contributed by atoms with E-state index in [1.807, 2.05) is 0 Å². The van der Waals surface area contributed by atoms with Gasteiger partial charge in [0.2, 0.25) is 5.89 Å². The van der Waals surface area contributed by atoms with E-state index in [1.54, 1.807) is 6.07 Å². The molecule has 5 nitrogen and oxygen atoms in total. The molecule has 10 heteroatoms. The minimum absolute atomic E-state index is 0.219. The number of oxazole rings is 1. The van der Waals surface area contributed by atoms with Crippen molar-refractivity contribution in [2.75, 3.05) is 6.61 Å². The summed E-state index contributed by atoms with van der Waals surface area (Å²) < 4.78 is 71.5. The first-order chi connectivity index (χ1) is 14.4. The van der Waals surface area contributed by atoms with Crippen molar-refractivity contribution in [3.63, 3.8) is 0 Å². The van der Waals surface area contributed by atoms with E-state index >= 15 is 8.78 Å². The SMILES string of the molecule is CC1(C)OCC(N)=N[C@](C)(c2cc(-c3nc4cc(Cl)ccc4o3)c(F)cc2F)C1(F)F. The first-order valence-corrected chi connectivity index (χ1v) is 9.65. The first kappa shape index (κ1) is 21.6. The molecular formula is C21H18ClF4N3O2. The Morgan fingerprint density at radius 2 is 1.77 bits per heavy atom. The maximum Gasteiger partial charge on any atom is 0.304 e. The second kappa shape index (κ2) is 6.93. The van der Waals surface area contributed by atoms with Gasteiger partial charge in [-0.3, -0.25) is 4.99 Å². The van der Waals surface area contributed by atoms with E-state index in [1.165, 1.54) is 12.1 Å². The smallest absolute Gasteiger partial charge is 0.304 e. The largest absolute Gasteiger partial charge is 0.436 e. The quantitative estimate of drug-likeness (QED) is 0.522. The summed E-state index contributed by atoms with van der Waals surface area (Å²) in [5.74, 6) is -6.42. The number of ether oxygens (including phenoxy) is 1. The minimum atomic E-state index is -3.72. The number of hydrogen-bond acceptors (Lipinski definition) is 5. The van der Waals surface area contributed by atoms with Crippen LogP contribution in [0.1, 0.15) is 26.3 Å². The summed E-state index contributed by atoms with van der Waals surface area (Å²) in [7, 11) is 0. The van der Waals surface area contributed by atoms with Crippen LogP contribution >= 0.6 is 11.6 Å². The molecule has 0 fully saturated rings. The lowest BCUT2D eigenvalue weighted by Gasteiger charge is -2.42. The van der Waals surface area contributed by atoms with E-state index < -0.39 is 34.3 Å². The van der Waals surface area contributed by atoms with Gasteiger partial charge in [-0.1, -0.05) is 11.6 Å². The lowest BCUT2D eigenvalue weighted by Crippen LogP contribution is -2.56. The van der Waals surface area contributed by atoms with Crippen LogP contribution in [0.2, 0.25) is 5.02 Å². The molecule has 1 aromatic heterocycles. The number of nitrogens with zero attached hydrogens (tertiary/aromatic N) is 2. The molecule has 1 aliphatic rings. The van der Waals surface area contributed by atoms with Crippen molar-refractivity contribution in [2.24, 2.45) is 10.7 Å². The maximum absolute atomic E-state index is 15.6. The second-order valence-corrected chi connectivity index (χ2v) is 8.43. The molecule has 0 saturated carbocycles. The van der Waals surface area contributed by atoms with Gasteiger partial charge >= 0.3 is 5.92 Å². The van der Waals surface area contributed by atoms with Gasteiger partial charge in [0.05, 0.1) is 5.56 Å². The number of aromatic nitrogens is 1. The van der Waals surface area contributed by atoms with Gasteiger partial charge < -0.3 is 14.9 Å². The minimum Gasteiger partial charge on any atom is -0.436 e. The Morgan fingerprint density at radius 3 is 2.48 bits per heavy atom. The molecule has 0 saturated heterocycles. The van der Waals surface area contributed by atoms with Crippen molar-refractivity contribution in [3.8, 4) is 11.5 Å². The summed E-state index contributed by atoms with van der Waals surface area (Å²) in [4.78, 5) is 8.05. The topological polar surface area (TPSA) is 73.6 Å². The fourth-order valence-corrected chi connectivity index (χ4v) is 3.82. The van der Waals surface area contributed by atoms with Gasteiger partial charge in [-0.25, -0.2) is 22.5 Å². The Labute approximate surface area is 179 Å². The number of benzene rings is 2. The van der Waals surface area contributed by atoms with Crippen molar-refractivity contribution < 1.29 is 26.7 Å². The van der Waals surface area contributed by atoms with Crippen molar-refractivity contribution >= 4 is 28.5 Å². The van der Waals surface area contributed by atoms with Gasteiger partial charge in [-0.05, 0) is 45.0 Å². The molecule has 1 aliphatic heterocycles. The second-order valence-electron chi connectivity index (χ2n) is 7.99. The number of halogens is 5. The highest BCUT2D eigenvalue weighted by atomic mass is 35.5. The predicted octanol–water partition coefficient (Wildman–Crippen LogP) is 5.44. The van der Waals surface area contributed by atoms with Crippen molar-refractivity contribution in [2.45, 2.75) is 37.8 Å². The predicted molar refractivity (Wildman–Crippen MR) is 108 cm³/mol. The third-order valence-electron chi connectivity index (χ3n) is 5.48. The van der Waals surface area contributed by atoms with E-state index in [0.29, 0.717) is 22.2 Å². The van der Waals surface area contributed by atoms with Crippen LogP contribution in [0.15, 0.2) is 39.7 Å². The number of rotatable bonds is 2.